The number of nitrogen functional groups attached to an aromatic ring is 5. The number of imidazole rings is 4. The fourth-order valence-corrected chi connectivity index (χ4v) is 33.8. The monoisotopic (exact) mass is 2250 g/mol. The lowest BCUT2D eigenvalue weighted by Crippen LogP contribution is -2.05. The lowest BCUT2D eigenvalue weighted by molar-refractivity contribution is 0.218. The Hall–Kier alpha value is -10.5. The van der Waals surface area contributed by atoms with Crippen molar-refractivity contribution in [1.82, 2.24) is 83.1 Å². The fraction of sp³-hybridized carbons (Fsp3) is 0.330. The number of nitrogens with zero attached hydrogens (tertiary/aromatic N) is 17. The Morgan fingerprint density at radius 3 is 0.918 bits per heavy atom. The smallest absolute Gasteiger partial charge is 0.141 e. The van der Waals surface area contributed by atoms with Gasteiger partial charge in [-0.15, -0.1) is 113 Å². The maximum Gasteiger partial charge on any atom is 0.141 e. The van der Waals surface area contributed by atoms with Crippen molar-refractivity contribution in [2.75, 3.05) is 84.9 Å². The van der Waals surface area contributed by atoms with Crippen molar-refractivity contribution in [2.24, 2.45) is 28.2 Å². The van der Waals surface area contributed by atoms with Gasteiger partial charge in [-0.1, -0.05) is 104 Å². The van der Waals surface area contributed by atoms with Crippen molar-refractivity contribution in [3.63, 3.8) is 0 Å². The second kappa shape index (κ2) is 47.4. The number of hydrogen-bond acceptors (Lipinski definition) is 35. The molecule has 766 valence electrons. The van der Waals surface area contributed by atoms with E-state index >= 15 is 0 Å². The lowest BCUT2D eigenvalue weighted by Gasteiger charge is -2.11. The number of pyridine rings is 5. The van der Waals surface area contributed by atoms with Crippen LogP contribution < -0.4 is 28.7 Å². The van der Waals surface area contributed by atoms with Crippen molar-refractivity contribution < 1.29 is 30.5 Å². The number of ether oxygens (including phenoxy) is 2. The second-order valence-electron chi connectivity index (χ2n) is 35.8. The summed E-state index contributed by atoms with van der Waals surface area (Å²) in [6, 6.07) is 24.5. The second-order valence-corrected chi connectivity index (χ2v) is 54.1. The number of anilines is 5. The van der Waals surface area contributed by atoms with Gasteiger partial charge in [-0.05, 0) is 97.9 Å². The molecule has 0 bridgehead atoms. The Bertz CT molecular complexity index is 7430. The van der Waals surface area contributed by atoms with Crippen LogP contribution in [0.4, 0.5) is 28.4 Å². The van der Waals surface area contributed by atoms with Gasteiger partial charge in [-0.3, -0.25) is 21.0 Å². The third-order valence-electron chi connectivity index (χ3n) is 24.9. The molecule has 0 radical (unpaired) electrons. The first-order valence-electron chi connectivity index (χ1n) is 48.0. The highest BCUT2D eigenvalue weighted by molar-refractivity contribution is 7.89. The first-order valence-corrected chi connectivity index (χ1v) is 63.1. The molecule has 2 aliphatic rings. The number of fused-ring (bicyclic) bond motifs is 5. The highest BCUT2D eigenvalue weighted by Crippen LogP contribution is 2.52. The number of thiazole rings is 4. The lowest BCUT2D eigenvalue weighted by atomic mass is 10.0. The molecule has 22 rings (SSSR count). The fourth-order valence-electron chi connectivity index (χ4n) is 17.2. The molecule has 2 fully saturated rings. The summed E-state index contributed by atoms with van der Waals surface area (Å²) in [5, 5.41) is 17.5. The van der Waals surface area contributed by atoms with E-state index in [2.05, 4.69) is 144 Å². The molecule has 19 aromatic heterocycles. The third-order valence-corrected chi connectivity index (χ3v) is 43.7. The van der Waals surface area contributed by atoms with Gasteiger partial charge in [-0.2, -0.15) is 0 Å². The summed E-state index contributed by atoms with van der Waals surface area (Å²) < 4.78 is 86.4. The highest BCUT2D eigenvalue weighted by atomic mass is 32.2. The van der Waals surface area contributed by atoms with Crippen LogP contribution in [-0.2, 0) is 91.7 Å². The zero-order valence-corrected chi connectivity index (χ0v) is 95.5. The summed E-state index contributed by atoms with van der Waals surface area (Å²) in [7, 11) is 5.53. The molecule has 0 saturated heterocycles. The summed E-state index contributed by atoms with van der Waals surface area (Å²) in [6.07, 6.45) is 25.2. The van der Waals surface area contributed by atoms with Crippen molar-refractivity contribution in [2.45, 2.75) is 157 Å². The maximum atomic E-state index is 12.9. The van der Waals surface area contributed by atoms with Crippen LogP contribution in [0.5, 0.6) is 0 Å². The number of benzene rings is 1. The van der Waals surface area contributed by atoms with E-state index in [-0.39, 0.29) is 5.92 Å². The zero-order valence-electron chi connectivity index (χ0n) is 83.2. The average molecular weight is 2250 g/mol. The van der Waals surface area contributed by atoms with Crippen LogP contribution in [0.25, 0.3) is 161 Å². The quantitative estimate of drug-likeness (QED) is 0.0250. The van der Waals surface area contributed by atoms with Gasteiger partial charge in [-0.25, -0.2) is 64.8 Å². The molecule has 1 aromatic carbocycles. The van der Waals surface area contributed by atoms with E-state index < -0.39 is 54.0 Å². The van der Waals surface area contributed by atoms with Gasteiger partial charge >= 0.3 is 0 Å². The zero-order chi connectivity index (χ0) is 103. The van der Waals surface area contributed by atoms with Gasteiger partial charge in [0, 0.05) is 179 Å². The Morgan fingerprint density at radius 2 is 0.646 bits per heavy atom. The topological polar surface area (TPSA) is 421 Å². The molecule has 29 nitrogen and oxygen atoms in total. The Kier molecular flexibility index (Phi) is 34.3. The van der Waals surface area contributed by atoms with Crippen LogP contribution in [-0.4, -0.2) is 160 Å². The average Bonchev–Trinajstić information content (AvgIpc) is 1.61. The van der Waals surface area contributed by atoms with Crippen LogP contribution in [0.3, 0.4) is 0 Å². The molecule has 0 aliphatic heterocycles. The molecule has 20 aromatic rings. The maximum absolute atomic E-state index is 12.9. The molecule has 0 spiro atoms. The molecule has 5 unspecified atom stereocenters. The summed E-state index contributed by atoms with van der Waals surface area (Å²) in [5.41, 5.74) is 49.6. The number of rotatable bonds is 34. The Morgan fingerprint density at radius 1 is 0.354 bits per heavy atom. The molecule has 5 atom stereocenters. The first-order chi connectivity index (χ1) is 71.2. The third kappa shape index (κ3) is 22.7. The van der Waals surface area contributed by atoms with Gasteiger partial charge in [0.2, 0.25) is 0 Å². The Balaban J connectivity index is 0.000000120. The SMILES string of the molecule is CCCCS(=O)c1sc2nc(-c3cccs3)cc(-c3ccccc3)c2c1N.CCCCS(=O)c1sc2nc(-c3nccs3)cc(-c3cnc(C(C)C)n3C)c2c1N.CCCCS(=O)c1sc2nc(-c3nccs3)cc(-c3cnc(C4CC4)n3C)c2c1N.COCCS(=O)c1sc2nc(-c3nccs3)cc(-c3cnc(C(C)C)n3C)c2c1N.COCCS(=O)c1sc2nc(-c3nccs3)cc(-c3cnc(C4CC4)n3C)c2c1N. The van der Waals surface area contributed by atoms with Crippen molar-refractivity contribution in [3.05, 3.63) is 173 Å². The van der Waals surface area contributed by atoms with E-state index in [0.29, 0.717) is 96.6 Å². The van der Waals surface area contributed by atoms with E-state index in [0.717, 1.165) is 235 Å². The standard InChI is InChI=1S/C21H23N5OS3.C21H25N5OS3.C21H20N2OS3.C20H21N5O2S3.C20H23N5O2S3/c1-3-4-9-30(27)21-17(22)16-13(15-11-24-18(26(15)2)12-5-6-12)10-14(25-20(16)29-21)19-23-7-8-28-19;1-5-6-9-30(27)21-17(22)16-13(15-11-24-18(12(2)3)26(15)4)10-14(25-20(16)29-21)19-23-7-8-28-19;1-2-3-12-27(24)21-19(22)18-15(14-8-5-4-6-9-14)13-16(23-20(18)26-21)17-10-7-11-25-17;1-25-14(10-23-17(25)11-3-4-11)12-9-13(18-22-5-7-28-18)24-19-15(12)16(21)20(29-19)30(26)8-6-27-2;1-11(2)17-23-10-14(25(17)3)12-9-13(18-22-5-7-28-18)24-19-15(12)16(21)20(29-19)30(26)8-6-27-4/h7-8,10-12H,3-6,9,22H2,1-2H3;7-8,10-12H,5-6,9,22H2,1-4H3;4-11,13H,2-3,12,22H2,1H3;5,7,9-11H,3-4,6,8,21H2,1-2H3;5,7,9-11H,6,8,21H2,1-4H3. The molecule has 2 saturated carbocycles. The summed E-state index contributed by atoms with van der Waals surface area (Å²) >= 11 is 15.0. The molecule has 147 heavy (non-hydrogen) atoms. The van der Waals surface area contributed by atoms with Gasteiger partial charge in [0.05, 0.1) is 165 Å². The van der Waals surface area contributed by atoms with Gasteiger partial charge < -0.3 is 56.4 Å². The van der Waals surface area contributed by atoms with Gasteiger partial charge in [0.15, 0.2) is 0 Å². The number of thiophene rings is 6. The summed E-state index contributed by atoms with van der Waals surface area (Å²) in [4.78, 5) is 65.7. The van der Waals surface area contributed by atoms with Crippen molar-refractivity contribution >= 4 is 247 Å². The molecule has 19 heterocycles. The number of hydrogen-bond donors (Lipinski definition) is 5. The minimum atomic E-state index is -1.25. The number of unbranched alkanes of at least 4 members (excludes halogenated alkanes) is 3. The van der Waals surface area contributed by atoms with E-state index in [1.807, 2.05) is 110 Å². The van der Waals surface area contributed by atoms with Crippen molar-refractivity contribution in [3.8, 4) is 110 Å². The van der Waals surface area contributed by atoms with Crippen LogP contribution >= 0.6 is 113 Å². The molecule has 2 aliphatic carbocycles. The predicted octanol–water partition coefficient (Wildman–Crippen LogP) is 25.1. The van der Waals surface area contributed by atoms with Crippen LogP contribution in [0, 0.1) is 0 Å². The summed E-state index contributed by atoms with van der Waals surface area (Å²) in [5.74, 6) is 8.58. The van der Waals surface area contributed by atoms with Gasteiger partial charge in [0.1, 0.15) is 111 Å². The van der Waals surface area contributed by atoms with Crippen molar-refractivity contribution in [1.29, 1.82) is 0 Å². The number of aromatic nitrogens is 17. The Labute approximate surface area is 904 Å². The van der Waals surface area contributed by atoms with E-state index in [4.69, 9.17) is 68.0 Å². The van der Waals surface area contributed by atoms with E-state index in [9.17, 15) is 21.0 Å². The number of methoxy groups -OCH3 is 2. The predicted molar refractivity (Wildman–Crippen MR) is 619 cm³/mol. The van der Waals surface area contributed by atoms with E-state index in [1.165, 1.54) is 93.7 Å². The van der Waals surface area contributed by atoms with Gasteiger partial charge in [0.25, 0.3) is 0 Å². The highest BCUT2D eigenvalue weighted by Gasteiger charge is 2.35. The van der Waals surface area contributed by atoms with E-state index in [1.54, 1.807) is 84.4 Å². The summed E-state index contributed by atoms with van der Waals surface area (Å²) in [6.45, 7) is 15.6. The minimum absolute atomic E-state index is 0.288. The normalized spacial score (nSPS) is 13.7. The molecule has 0 amide bonds. The first kappa shape index (κ1) is 106. The number of nitrogens with two attached hydrogens (primary N) is 5. The van der Waals surface area contributed by atoms with Crippen LogP contribution in [0.1, 0.15) is 160 Å². The molecule has 10 N–H and O–H groups in total. The molecular formula is C103H112N22O7S15. The van der Waals surface area contributed by atoms with Crippen LogP contribution in [0.2, 0.25) is 0 Å². The molecular weight excluding hydrogens is 2140 g/mol. The minimum Gasteiger partial charge on any atom is -0.396 e. The largest absolute Gasteiger partial charge is 0.396 e. The molecule has 44 heteroatoms. The van der Waals surface area contributed by atoms with Crippen LogP contribution in [0.15, 0.2) is 170 Å².